The molecule has 12 heteroatoms. The topological polar surface area (TPSA) is 154 Å². The third-order valence-corrected chi connectivity index (χ3v) is 6.53. The molecule has 0 bridgehead atoms. The number of para-hydroxylation sites is 2. The summed E-state index contributed by atoms with van der Waals surface area (Å²) in [6.07, 6.45) is 0.0944. The SMILES string of the molecule is CCOc1ccccc1OCCN[C@H](C)Cc1ccc(OC)c(S(N)(=O)=O)c1S(=O)(=O)O. The lowest BCUT2D eigenvalue weighted by atomic mass is 10.1. The number of sulfonamides is 1. The lowest BCUT2D eigenvalue weighted by Crippen LogP contribution is -2.32. The normalized spacial score (nSPS) is 12.9. The largest absolute Gasteiger partial charge is 0.495 e. The van der Waals surface area contributed by atoms with Gasteiger partial charge in [0.05, 0.1) is 13.7 Å². The predicted octanol–water partition coefficient (Wildman–Crippen LogP) is 1.59. The molecule has 10 nitrogen and oxygen atoms in total. The zero-order chi connectivity index (χ0) is 23.9. The maximum atomic E-state index is 12.0. The van der Waals surface area contributed by atoms with Gasteiger partial charge in [-0.25, -0.2) is 13.6 Å². The highest BCUT2D eigenvalue weighted by Gasteiger charge is 2.30. The van der Waals surface area contributed by atoms with E-state index in [0.717, 1.165) is 0 Å². The molecule has 0 saturated carbocycles. The van der Waals surface area contributed by atoms with Crippen molar-refractivity contribution in [2.24, 2.45) is 5.14 Å². The Morgan fingerprint density at radius 3 is 2.16 bits per heavy atom. The quantitative estimate of drug-likeness (QED) is 0.298. The Hall–Kier alpha value is -2.38. The highest BCUT2D eigenvalue weighted by atomic mass is 32.2. The van der Waals surface area contributed by atoms with E-state index in [-0.39, 0.29) is 23.8 Å². The lowest BCUT2D eigenvalue weighted by Gasteiger charge is -2.19. The Balaban J connectivity index is 2.13. The van der Waals surface area contributed by atoms with E-state index in [9.17, 15) is 21.4 Å². The molecule has 32 heavy (non-hydrogen) atoms. The highest BCUT2D eigenvalue weighted by Crippen LogP contribution is 2.33. The third kappa shape index (κ3) is 6.81. The summed E-state index contributed by atoms with van der Waals surface area (Å²) in [5.41, 5.74) is 0.0833. The van der Waals surface area contributed by atoms with Crippen molar-refractivity contribution < 1.29 is 35.6 Å². The number of methoxy groups -OCH3 is 1. The first kappa shape index (κ1) is 25.9. The number of benzene rings is 2. The minimum Gasteiger partial charge on any atom is -0.495 e. The van der Waals surface area contributed by atoms with E-state index >= 15 is 0 Å². The molecular weight excluding hydrogens is 460 g/mol. The molecule has 178 valence electrons. The second kappa shape index (κ2) is 11.0. The number of primary sulfonamides is 1. The van der Waals surface area contributed by atoms with Gasteiger partial charge < -0.3 is 19.5 Å². The van der Waals surface area contributed by atoms with Gasteiger partial charge in [0.1, 0.15) is 22.1 Å². The van der Waals surface area contributed by atoms with Crippen molar-refractivity contribution in [1.82, 2.24) is 5.32 Å². The Labute approximate surface area is 188 Å². The van der Waals surface area contributed by atoms with Crippen molar-refractivity contribution in [1.29, 1.82) is 0 Å². The minimum absolute atomic E-state index is 0.0833. The number of nitrogens with one attached hydrogen (secondary N) is 1. The predicted molar refractivity (Wildman–Crippen MR) is 118 cm³/mol. The molecule has 0 amide bonds. The molecule has 2 rings (SSSR count). The molecule has 4 N–H and O–H groups in total. The second-order valence-corrected chi connectivity index (χ2v) is 9.75. The van der Waals surface area contributed by atoms with Crippen LogP contribution in [-0.2, 0) is 26.6 Å². The molecule has 0 heterocycles. The zero-order valence-corrected chi connectivity index (χ0v) is 19.7. The summed E-state index contributed by atoms with van der Waals surface area (Å²) in [7, 11) is -8.23. The molecule has 0 spiro atoms. The van der Waals surface area contributed by atoms with Crippen LogP contribution in [0.2, 0.25) is 0 Å². The van der Waals surface area contributed by atoms with Gasteiger partial charge in [0.2, 0.25) is 10.0 Å². The summed E-state index contributed by atoms with van der Waals surface area (Å²) in [4.78, 5) is -1.56. The van der Waals surface area contributed by atoms with E-state index in [1.165, 1.54) is 19.2 Å². The van der Waals surface area contributed by atoms with Gasteiger partial charge in [0.15, 0.2) is 11.5 Å². The van der Waals surface area contributed by atoms with Crippen LogP contribution in [0.15, 0.2) is 46.2 Å². The molecule has 0 aromatic heterocycles. The van der Waals surface area contributed by atoms with Crippen molar-refractivity contribution in [2.75, 3.05) is 26.9 Å². The Bertz CT molecular complexity index is 1130. The van der Waals surface area contributed by atoms with Crippen LogP contribution in [0.1, 0.15) is 19.4 Å². The molecule has 0 aliphatic heterocycles. The number of rotatable bonds is 12. The summed E-state index contributed by atoms with van der Waals surface area (Å²) >= 11 is 0. The van der Waals surface area contributed by atoms with Crippen molar-refractivity contribution in [3.8, 4) is 17.2 Å². The Morgan fingerprint density at radius 2 is 1.62 bits per heavy atom. The van der Waals surface area contributed by atoms with E-state index in [0.29, 0.717) is 31.3 Å². The van der Waals surface area contributed by atoms with Crippen LogP contribution in [-0.4, -0.2) is 54.3 Å². The fourth-order valence-electron chi connectivity index (χ4n) is 3.17. The molecule has 0 saturated heterocycles. The van der Waals surface area contributed by atoms with Gasteiger partial charge in [-0.2, -0.15) is 8.42 Å². The monoisotopic (exact) mass is 488 g/mol. The first-order valence-electron chi connectivity index (χ1n) is 9.77. The maximum Gasteiger partial charge on any atom is 0.296 e. The van der Waals surface area contributed by atoms with Crippen molar-refractivity contribution >= 4 is 20.1 Å². The standard InChI is InChI=1S/C20H28N2O8S2/c1-4-29-16-7-5-6-8-17(16)30-12-11-22-14(2)13-15-9-10-18(28-3)20(31(21,23)24)19(15)32(25,26)27/h5-10,14,22H,4,11-13H2,1-3H3,(H2,21,23,24)(H,25,26,27)/t14-/m1/s1. The maximum absolute atomic E-state index is 12.0. The van der Waals surface area contributed by atoms with Crippen molar-refractivity contribution in [3.05, 3.63) is 42.0 Å². The van der Waals surface area contributed by atoms with Gasteiger partial charge in [-0.15, -0.1) is 0 Å². The molecule has 2 aromatic rings. The Morgan fingerprint density at radius 1 is 1.00 bits per heavy atom. The summed E-state index contributed by atoms with van der Waals surface area (Å²) in [5.74, 6) is 0.964. The van der Waals surface area contributed by atoms with Crippen molar-refractivity contribution in [2.45, 2.75) is 36.1 Å². The number of hydrogen-bond donors (Lipinski definition) is 3. The average molecular weight is 489 g/mol. The van der Waals surface area contributed by atoms with Gasteiger partial charge in [-0.3, -0.25) is 4.55 Å². The first-order chi connectivity index (χ1) is 15.0. The van der Waals surface area contributed by atoms with E-state index in [2.05, 4.69) is 5.32 Å². The van der Waals surface area contributed by atoms with Crippen LogP contribution in [0.4, 0.5) is 0 Å². The van der Waals surface area contributed by atoms with E-state index < -0.39 is 29.9 Å². The number of ether oxygens (including phenoxy) is 3. The molecule has 1 atom stereocenters. The minimum atomic E-state index is -4.90. The molecule has 0 aliphatic carbocycles. The fraction of sp³-hybridized carbons (Fsp3) is 0.400. The highest BCUT2D eigenvalue weighted by molar-refractivity contribution is 7.91. The molecule has 0 unspecified atom stereocenters. The summed E-state index contributed by atoms with van der Waals surface area (Å²) < 4.78 is 73.9. The molecular formula is C20H28N2O8S2. The van der Waals surface area contributed by atoms with Crippen LogP contribution in [0.25, 0.3) is 0 Å². The second-order valence-electron chi connectivity index (χ2n) is 6.89. The summed E-state index contributed by atoms with van der Waals surface area (Å²) in [6.45, 7) is 4.89. The zero-order valence-electron chi connectivity index (χ0n) is 18.1. The molecule has 2 aromatic carbocycles. The van der Waals surface area contributed by atoms with Crippen LogP contribution in [0, 0.1) is 0 Å². The van der Waals surface area contributed by atoms with E-state index in [4.69, 9.17) is 19.3 Å². The van der Waals surface area contributed by atoms with Gasteiger partial charge in [-0.05, 0) is 44.0 Å². The third-order valence-electron chi connectivity index (χ3n) is 4.45. The number of nitrogens with two attached hydrogens (primary N) is 1. The fourth-order valence-corrected chi connectivity index (χ4v) is 5.47. The van der Waals surface area contributed by atoms with E-state index in [1.807, 2.05) is 19.1 Å². The summed E-state index contributed by atoms with van der Waals surface area (Å²) in [5, 5.41) is 8.36. The Kier molecular flexibility index (Phi) is 8.87. The summed E-state index contributed by atoms with van der Waals surface area (Å²) in [6, 6.07) is 9.65. The van der Waals surface area contributed by atoms with Crippen LogP contribution in [0.5, 0.6) is 17.2 Å². The van der Waals surface area contributed by atoms with Crippen LogP contribution in [0.3, 0.4) is 0 Å². The van der Waals surface area contributed by atoms with Gasteiger partial charge >= 0.3 is 0 Å². The lowest BCUT2D eigenvalue weighted by molar-refractivity contribution is 0.272. The van der Waals surface area contributed by atoms with Crippen LogP contribution < -0.4 is 24.7 Å². The molecule has 0 aliphatic rings. The first-order valence-corrected chi connectivity index (χ1v) is 12.8. The van der Waals surface area contributed by atoms with Crippen molar-refractivity contribution in [3.63, 3.8) is 0 Å². The van der Waals surface area contributed by atoms with Gasteiger partial charge in [0.25, 0.3) is 10.1 Å². The average Bonchev–Trinajstić information content (AvgIpc) is 2.70. The smallest absolute Gasteiger partial charge is 0.296 e. The van der Waals surface area contributed by atoms with Crippen LogP contribution >= 0.6 is 0 Å². The van der Waals surface area contributed by atoms with E-state index in [1.54, 1.807) is 19.1 Å². The number of hydrogen-bond acceptors (Lipinski definition) is 8. The van der Waals surface area contributed by atoms with Gasteiger partial charge in [0, 0.05) is 12.6 Å². The molecule has 0 fully saturated rings. The van der Waals surface area contributed by atoms with Gasteiger partial charge in [-0.1, -0.05) is 18.2 Å². The molecule has 0 radical (unpaired) electrons.